The molecule has 3 nitrogen and oxygen atoms in total. The summed E-state index contributed by atoms with van der Waals surface area (Å²) in [6.45, 7) is 13.7. The molecular weight excluding hydrogens is 356 g/mol. The van der Waals surface area contributed by atoms with Gasteiger partial charge in [0, 0.05) is 48.1 Å². The standard InChI is InChI=1S/C26H35N2O/c1-7-26(5)22-13-11-12-14-23(22)27(6)25(26)18-16-20-15-17-21(28(8-2)9-3)19-24(20)29-10-4/h11-19H,7-10H2,1-6H3/q+1. The fraction of sp³-hybridized carbons (Fsp3) is 0.423. The Labute approximate surface area is 176 Å². The first-order valence-corrected chi connectivity index (χ1v) is 10.9. The van der Waals surface area contributed by atoms with Crippen LogP contribution in [0.5, 0.6) is 5.75 Å². The maximum atomic E-state index is 6.00. The van der Waals surface area contributed by atoms with Crippen molar-refractivity contribution in [3.63, 3.8) is 0 Å². The van der Waals surface area contributed by atoms with E-state index in [1.54, 1.807) is 0 Å². The Morgan fingerprint density at radius 3 is 2.38 bits per heavy atom. The van der Waals surface area contributed by atoms with Gasteiger partial charge in [-0.05, 0) is 52.3 Å². The minimum atomic E-state index is 0.0226. The van der Waals surface area contributed by atoms with Gasteiger partial charge >= 0.3 is 0 Å². The van der Waals surface area contributed by atoms with Gasteiger partial charge in [-0.3, -0.25) is 0 Å². The minimum absolute atomic E-state index is 0.0226. The molecule has 2 aromatic rings. The molecule has 29 heavy (non-hydrogen) atoms. The Morgan fingerprint density at radius 1 is 1.00 bits per heavy atom. The van der Waals surface area contributed by atoms with E-state index in [2.05, 4.69) is 98.8 Å². The van der Waals surface area contributed by atoms with Crippen LogP contribution in [0.4, 0.5) is 11.4 Å². The molecule has 0 aromatic heterocycles. The fourth-order valence-electron chi connectivity index (χ4n) is 4.43. The molecule has 3 heteroatoms. The van der Waals surface area contributed by atoms with Crippen molar-refractivity contribution in [1.82, 2.24) is 0 Å². The molecule has 0 fully saturated rings. The maximum Gasteiger partial charge on any atom is 0.209 e. The summed E-state index contributed by atoms with van der Waals surface area (Å²) in [4.78, 5) is 2.35. The van der Waals surface area contributed by atoms with Crippen molar-refractivity contribution in [2.75, 3.05) is 31.6 Å². The first kappa shape index (κ1) is 21.2. The van der Waals surface area contributed by atoms with Crippen LogP contribution in [-0.2, 0) is 5.41 Å². The molecular formula is C26H35N2O+. The van der Waals surface area contributed by atoms with Crippen LogP contribution in [0.1, 0.15) is 52.2 Å². The highest BCUT2D eigenvalue weighted by molar-refractivity contribution is 6.05. The van der Waals surface area contributed by atoms with Crippen molar-refractivity contribution < 1.29 is 9.31 Å². The van der Waals surface area contributed by atoms with Crippen molar-refractivity contribution in [2.24, 2.45) is 0 Å². The molecule has 0 radical (unpaired) electrons. The van der Waals surface area contributed by atoms with Gasteiger partial charge in [0.2, 0.25) is 5.69 Å². The molecule has 154 valence electrons. The molecule has 0 N–H and O–H groups in total. The Kier molecular flexibility index (Phi) is 6.46. The molecule has 0 amide bonds. The summed E-state index contributed by atoms with van der Waals surface area (Å²) in [6, 6.07) is 15.3. The predicted molar refractivity (Wildman–Crippen MR) is 125 cm³/mol. The number of fused-ring (bicyclic) bond motifs is 1. The van der Waals surface area contributed by atoms with E-state index >= 15 is 0 Å². The molecule has 0 bridgehead atoms. The third-order valence-electron chi connectivity index (χ3n) is 6.34. The third kappa shape index (κ3) is 3.83. The lowest BCUT2D eigenvalue weighted by molar-refractivity contribution is -0.401. The first-order chi connectivity index (χ1) is 14.0. The lowest BCUT2D eigenvalue weighted by Gasteiger charge is -2.22. The molecule has 1 atom stereocenters. The Hall–Kier alpha value is -2.55. The molecule has 0 saturated carbocycles. The van der Waals surface area contributed by atoms with E-state index in [4.69, 9.17) is 4.74 Å². The summed E-state index contributed by atoms with van der Waals surface area (Å²) >= 11 is 0. The monoisotopic (exact) mass is 391 g/mol. The highest BCUT2D eigenvalue weighted by Gasteiger charge is 2.44. The molecule has 1 aliphatic heterocycles. The zero-order valence-corrected chi connectivity index (χ0v) is 18.8. The number of benzene rings is 2. The van der Waals surface area contributed by atoms with Crippen molar-refractivity contribution in [2.45, 2.75) is 46.5 Å². The molecule has 1 aliphatic rings. The summed E-state index contributed by atoms with van der Waals surface area (Å²) in [5.41, 5.74) is 6.40. The minimum Gasteiger partial charge on any atom is -0.493 e. The van der Waals surface area contributed by atoms with Crippen LogP contribution in [0.15, 0.2) is 48.5 Å². The van der Waals surface area contributed by atoms with Crippen LogP contribution in [0.2, 0.25) is 0 Å². The van der Waals surface area contributed by atoms with Gasteiger partial charge in [-0.15, -0.1) is 0 Å². The van der Waals surface area contributed by atoms with Crippen LogP contribution < -0.4 is 9.64 Å². The summed E-state index contributed by atoms with van der Waals surface area (Å²) < 4.78 is 8.33. The largest absolute Gasteiger partial charge is 0.493 e. The average molecular weight is 392 g/mol. The number of hydrogen-bond acceptors (Lipinski definition) is 2. The van der Waals surface area contributed by atoms with Gasteiger partial charge in [-0.1, -0.05) is 25.1 Å². The molecule has 3 rings (SSSR count). The average Bonchev–Trinajstić information content (AvgIpc) is 2.96. The van der Waals surface area contributed by atoms with Crippen LogP contribution in [-0.4, -0.2) is 37.0 Å². The lowest BCUT2D eigenvalue weighted by Crippen LogP contribution is -2.29. The molecule has 0 aliphatic carbocycles. The van der Waals surface area contributed by atoms with Crippen LogP contribution >= 0.6 is 0 Å². The van der Waals surface area contributed by atoms with Gasteiger partial charge in [-0.25, -0.2) is 0 Å². The van der Waals surface area contributed by atoms with Gasteiger partial charge in [0.15, 0.2) is 5.71 Å². The number of anilines is 1. The number of nitrogens with zero attached hydrogens (tertiary/aromatic N) is 2. The lowest BCUT2D eigenvalue weighted by atomic mass is 9.77. The van der Waals surface area contributed by atoms with Gasteiger partial charge in [0.25, 0.3) is 0 Å². The van der Waals surface area contributed by atoms with Gasteiger partial charge < -0.3 is 9.64 Å². The van der Waals surface area contributed by atoms with Crippen molar-refractivity contribution in [3.05, 3.63) is 59.7 Å². The van der Waals surface area contributed by atoms with Gasteiger partial charge in [0.1, 0.15) is 12.8 Å². The predicted octanol–water partition coefficient (Wildman–Crippen LogP) is 6.04. The van der Waals surface area contributed by atoms with Crippen molar-refractivity contribution in [3.8, 4) is 5.75 Å². The van der Waals surface area contributed by atoms with Crippen LogP contribution in [0, 0.1) is 0 Å². The van der Waals surface area contributed by atoms with Crippen LogP contribution in [0.3, 0.4) is 0 Å². The number of para-hydroxylation sites is 1. The Bertz CT molecular complexity index is 924. The Balaban J connectivity index is 2.00. The van der Waals surface area contributed by atoms with E-state index < -0.39 is 0 Å². The van der Waals surface area contributed by atoms with Gasteiger partial charge in [0.05, 0.1) is 12.0 Å². The second-order valence-corrected chi connectivity index (χ2v) is 7.81. The van der Waals surface area contributed by atoms with Crippen molar-refractivity contribution in [1.29, 1.82) is 0 Å². The van der Waals surface area contributed by atoms with E-state index in [-0.39, 0.29) is 5.41 Å². The maximum absolute atomic E-state index is 6.00. The number of ether oxygens (including phenoxy) is 1. The van der Waals surface area contributed by atoms with E-state index in [1.165, 1.54) is 22.6 Å². The number of allylic oxidation sites excluding steroid dienone is 1. The van der Waals surface area contributed by atoms with Gasteiger partial charge in [-0.2, -0.15) is 4.58 Å². The second kappa shape index (κ2) is 8.86. The van der Waals surface area contributed by atoms with E-state index in [0.717, 1.165) is 30.8 Å². The number of rotatable bonds is 8. The highest BCUT2D eigenvalue weighted by Crippen LogP contribution is 2.41. The number of hydrogen-bond donors (Lipinski definition) is 0. The molecule has 1 unspecified atom stereocenters. The molecule has 0 saturated heterocycles. The molecule has 0 spiro atoms. The van der Waals surface area contributed by atoms with E-state index in [0.29, 0.717) is 6.61 Å². The third-order valence-corrected chi connectivity index (χ3v) is 6.34. The normalized spacial score (nSPS) is 18.4. The topological polar surface area (TPSA) is 15.5 Å². The fourth-order valence-corrected chi connectivity index (χ4v) is 4.43. The van der Waals surface area contributed by atoms with Crippen LogP contribution in [0.25, 0.3) is 6.08 Å². The van der Waals surface area contributed by atoms with E-state index in [9.17, 15) is 0 Å². The van der Waals surface area contributed by atoms with Crippen molar-refractivity contribution >= 4 is 23.2 Å². The zero-order valence-electron chi connectivity index (χ0n) is 18.8. The Morgan fingerprint density at radius 2 is 1.72 bits per heavy atom. The second-order valence-electron chi connectivity index (χ2n) is 7.81. The summed E-state index contributed by atoms with van der Waals surface area (Å²) in [5, 5.41) is 0. The summed E-state index contributed by atoms with van der Waals surface area (Å²) in [7, 11) is 2.17. The first-order valence-electron chi connectivity index (χ1n) is 10.9. The zero-order chi connectivity index (χ0) is 21.0. The summed E-state index contributed by atoms with van der Waals surface area (Å²) in [6.07, 6.45) is 5.55. The van der Waals surface area contributed by atoms with E-state index in [1.807, 2.05) is 6.92 Å². The highest BCUT2D eigenvalue weighted by atomic mass is 16.5. The molecule has 2 aromatic carbocycles. The summed E-state index contributed by atoms with van der Waals surface area (Å²) in [5.74, 6) is 0.949. The molecule has 1 heterocycles. The smallest absolute Gasteiger partial charge is 0.209 e. The SMILES string of the molecule is CCOc1cc(N(CC)CC)ccc1/C=C/C1=[N+](C)c2ccccc2C1(C)CC. The quantitative estimate of drug-likeness (QED) is 0.510.